The van der Waals surface area contributed by atoms with E-state index in [4.69, 9.17) is 4.74 Å². The minimum Gasteiger partial charge on any atom is -0.467 e. The fraction of sp³-hybridized carbons (Fsp3) is 0.500. The Morgan fingerprint density at radius 2 is 2.03 bits per heavy atom. The maximum atomic E-state index is 13.5. The van der Waals surface area contributed by atoms with Gasteiger partial charge in [-0.3, -0.25) is 9.69 Å². The van der Waals surface area contributed by atoms with E-state index in [1.54, 1.807) is 23.0 Å². The van der Waals surface area contributed by atoms with Crippen LogP contribution in [0.25, 0.3) is 0 Å². The lowest BCUT2D eigenvalue weighted by atomic mass is 9.98. The molecule has 3 rings (SSSR count). The van der Waals surface area contributed by atoms with Gasteiger partial charge >= 0.3 is 5.97 Å². The second kappa shape index (κ2) is 11.2. The lowest BCUT2D eigenvalue weighted by molar-refractivity contribution is -0.147. The van der Waals surface area contributed by atoms with E-state index in [-0.39, 0.29) is 17.9 Å². The van der Waals surface area contributed by atoms with Gasteiger partial charge in [-0.2, -0.15) is 11.8 Å². The van der Waals surface area contributed by atoms with Crippen molar-refractivity contribution in [3.05, 3.63) is 54.1 Å². The molecule has 2 heterocycles. The van der Waals surface area contributed by atoms with Gasteiger partial charge in [0, 0.05) is 43.1 Å². The summed E-state index contributed by atoms with van der Waals surface area (Å²) in [5, 5.41) is 0. The van der Waals surface area contributed by atoms with Crippen LogP contribution < -0.4 is 0 Å². The molecular formula is C22H30N4O3S. The summed E-state index contributed by atoms with van der Waals surface area (Å²) >= 11 is 1.67. The Kier molecular flexibility index (Phi) is 8.33. The van der Waals surface area contributed by atoms with E-state index in [1.165, 1.54) is 7.11 Å². The summed E-state index contributed by atoms with van der Waals surface area (Å²) in [5.41, 5.74) is 1.69. The summed E-state index contributed by atoms with van der Waals surface area (Å²) in [6, 6.07) is 8.65. The monoisotopic (exact) mass is 430 g/mol. The number of H-pyrrole nitrogens is 1. The molecule has 1 amide bonds. The summed E-state index contributed by atoms with van der Waals surface area (Å²) in [6.07, 6.45) is 7.76. The van der Waals surface area contributed by atoms with Crippen LogP contribution in [0.2, 0.25) is 0 Å². The van der Waals surface area contributed by atoms with Crippen LogP contribution in [0.3, 0.4) is 0 Å². The first-order chi connectivity index (χ1) is 14.6. The first kappa shape index (κ1) is 22.4. The topological polar surface area (TPSA) is 78.5 Å². The maximum absolute atomic E-state index is 13.5. The Balaban J connectivity index is 1.78. The number of piperidine rings is 1. The summed E-state index contributed by atoms with van der Waals surface area (Å²) in [5.74, 6) is 0.351. The lowest BCUT2D eigenvalue weighted by Crippen LogP contribution is -2.54. The molecular weight excluding hydrogens is 400 g/mol. The molecule has 1 saturated heterocycles. The molecule has 0 aliphatic carbocycles. The highest BCUT2D eigenvalue weighted by atomic mass is 32.2. The molecule has 0 radical (unpaired) electrons. The summed E-state index contributed by atoms with van der Waals surface area (Å²) in [6.45, 7) is 2.53. The average Bonchev–Trinajstić information content (AvgIpc) is 3.30. The highest BCUT2D eigenvalue weighted by Crippen LogP contribution is 2.25. The SMILES string of the molecule is COC(=O)[C@H](CCSC)N(C(=O)c1ccccc1)C1CCN(Cc2cnc[nH]2)CC1. The van der Waals surface area contributed by atoms with Crippen LogP contribution in [0.1, 0.15) is 35.3 Å². The molecule has 1 aromatic heterocycles. The van der Waals surface area contributed by atoms with E-state index in [9.17, 15) is 9.59 Å². The number of nitrogens with zero attached hydrogens (tertiary/aromatic N) is 3. The average molecular weight is 431 g/mol. The highest BCUT2D eigenvalue weighted by Gasteiger charge is 2.37. The molecule has 1 aliphatic rings. The molecule has 0 unspecified atom stereocenters. The van der Waals surface area contributed by atoms with Crippen molar-refractivity contribution in [3.63, 3.8) is 0 Å². The number of likely N-dealkylation sites (tertiary alicyclic amines) is 1. The number of imidazole rings is 1. The number of aromatic amines is 1. The Bertz CT molecular complexity index is 792. The first-order valence-corrected chi connectivity index (χ1v) is 11.7. The Morgan fingerprint density at radius 3 is 2.63 bits per heavy atom. The molecule has 0 spiro atoms. The summed E-state index contributed by atoms with van der Waals surface area (Å²) in [7, 11) is 1.40. The number of methoxy groups -OCH3 is 1. The molecule has 7 nitrogen and oxygen atoms in total. The van der Waals surface area contributed by atoms with Crippen LogP contribution in [0.4, 0.5) is 0 Å². The minimum absolute atomic E-state index is 0.00155. The number of aromatic nitrogens is 2. The highest BCUT2D eigenvalue weighted by molar-refractivity contribution is 7.98. The molecule has 2 aromatic rings. The van der Waals surface area contributed by atoms with Crippen LogP contribution in [0.5, 0.6) is 0 Å². The van der Waals surface area contributed by atoms with E-state index >= 15 is 0 Å². The predicted octanol–water partition coefficient (Wildman–Crippen LogP) is 2.81. The standard InChI is InChI=1S/C22H30N4O3S/c1-29-22(28)20(10-13-30-2)26(21(27)17-6-4-3-5-7-17)19-8-11-25(12-9-19)15-18-14-23-16-24-18/h3-7,14,16,19-20H,8-13,15H2,1-2H3,(H,23,24)/t20-/m0/s1. The normalized spacial score (nSPS) is 16.2. The molecule has 1 aliphatic heterocycles. The van der Waals surface area contributed by atoms with Crippen LogP contribution in [0, 0.1) is 0 Å². The molecule has 30 heavy (non-hydrogen) atoms. The van der Waals surface area contributed by atoms with Crippen molar-refractivity contribution in [1.82, 2.24) is 19.8 Å². The Labute approximate surface area is 182 Å². The Hall–Kier alpha value is -2.32. The van der Waals surface area contributed by atoms with Gasteiger partial charge in [-0.25, -0.2) is 9.78 Å². The zero-order valence-corrected chi connectivity index (χ0v) is 18.4. The molecule has 1 aromatic carbocycles. The number of thioether (sulfide) groups is 1. The zero-order valence-electron chi connectivity index (χ0n) is 17.6. The second-order valence-corrected chi connectivity index (χ2v) is 8.47. The van der Waals surface area contributed by atoms with Crippen LogP contribution in [-0.2, 0) is 16.1 Å². The van der Waals surface area contributed by atoms with E-state index in [2.05, 4.69) is 14.9 Å². The predicted molar refractivity (Wildman–Crippen MR) is 118 cm³/mol. The third-order valence-corrected chi connectivity index (χ3v) is 6.20. The lowest BCUT2D eigenvalue weighted by Gasteiger charge is -2.41. The largest absolute Gasteiger partial charge is 0.467 e. The van der Waals surface area contributed by atoms with Crippen molar-refractivity contribution < 1.29 is 14.3 Å². The van der Waals surface area contributed by atoms with Gasteiger partial charge in [-0.1, -0.05) is 18.2 Å². The summed E-state index contributed by atoms with van der Waals surface area (Å²) in [4.78, 5) is 37.5. The second-order valence-electron chi connectivity index (χ2n) is 7.48. The number of esters is 1. The number of benzene rings is 1. The van der Waals surface area contributed by atoms with Crippen molar-refractivity contribution in [3.8, 4) is 0 Å². The molecule has 0 saturated carbocycles. The van der Waals surface area contributed by atoms with Crippen molar-refractivity contribution in [1.29, 1.82) is 0 Å². The molecule has 8 heteroatoms. The number of ether oxygens (including phenoxy) is 1. The van der Waals surface area contributed by atoms with Crippen LogP contribution >= 0.6 is 11.8 Å². The van der Waals surface area contributed by atoms with E-state index in [0.29, 0.717) is 12.0 Å². The van der Waals surface area contributed by atoms with Gasteiger partial charge in [0.1, 0.15) is 6.04 Å². The third kappa shape index (κ3) is 5.64. The van der Waals surface area contributed by atoms with Crippen LogP contribution in [0.15, 0.2) is 42.9 Å². The van der Waals surface area contributed by atoms with Crippen molar-refractivity contribution in [2.45, 2.75) is 37.9 Å². The van der Waals surface area contributed by atoms with Crippen molar-refractivity contribution >= 4 is 23.6 Å². The Morgan fingerprint density at radius 1 is 1.30 bits per heavy atom. The molecule has 1 atom stereocenters. The van der Waals surface area contributed by atoms with Gasteiger partial charge in [-0.05, 0) is 43.4 Å². The van der Waals surface area contributed by atoms with Gasteiger partial charge in [0.15, 0.2) is 0 Å². The smallest absolute Gasteiger partial charge is 0.328 e. The molecule has 0 bridgehead atoms. The number of nitrogens with one attached hydrogen (secondary N) is 1. The van der Waals surface area contributed by atoms with E-state index in [1.807, 2.05) is 42.8 Å². The van der Waals surface area contributed by atoms with Crippen LogP contribution in [-0.4, -0.2) is 75.9 Å². The quantitative estimate of drug-likeness (QED) is 0.617. The summed E-state index contributed by atoms with van der Waals surface area (Å²) < 4.78 is 5.09. The van der Waals surface area contributed by atoms with Gasteiger partial charge in [0.2, 0.25) is 0 Å². The molecule has 162 valence electrons. The van der Waals surface area contributed by atoms with Gasteiger partial charge in [0.05, 0.1) is 13.4 Å². The molecule has 1 N–H and O–H groups in total. The molecule has 1 fully saturated rings. The van der Waals surface area contributed by atoms with Crippen molar-refractivity contribution in [2.75, 3.05) is 32.2 Å². The fourth-order valence-corrected chi connectivity index (χ4v) is 4.45. The van der Waals surface area contributed by atoms with Gasteiger partial charge in [0.25, 0.3) is 5.91 Å². The maximum Gasteiger partial charge on any atom is 0.328 e. The van der Waals surface area contributed by atoms with E-state index in [0.717, 1.165) is 43.9 Å². The number of rotatable bonds is 9. The third-order valence-electron chi connectivity index (χ3n) is 5.56. The van der Waals surface area contributed by atoms with E-state index < -0.39 is 6.04 Å². The number of carbonyl (C=O) groups excluding carboxylic acids is 2. The number of hydrogen-bond acceptors (Lipinski definition) is 6. The fourth-order valence-electron chi connectivity index (χ4n) is 4.00. The number of amides is 1. The zero-order chi connectivity index (χ0) is 21.3. The van der Waals surface area contributed by atoms with Crippen molar-refractivity contribution in [2.24, 2.45) is 0 Å². The first-order valence-electron chi connectivity index (χ1n) is 10.3. The number of hydrogen-bond donors (Lipinski definition) is 1. The minimum atomic E-state index is -0.570. The number of carbonyl (C=O) groups is 2. The van der Waals surface area contributed by atoms with Gasteiger partial charge in [-0.15, -0.1) is 0 Å². The van der Waals surface area contributed by atoms with Gasteiger partial charge < -0.3 is 14.6 Å².